The first-order valence-electron chi connectivity index (χ1n) is 9.48. The zero-order valence-corrected chi connectivity index (χ0v) is 18.4. The van der Waals surface area contributed by atoms with E-state index >= 15 is 0 Å². The molecule has 2 amide bonds. The van der Waals surface area contributed by atoms with E-state index in [2.05, 4.69) is 15.4 Å². The van der Waals surface area contributed by atoms with E-state index in [1.54, 1.807) is 49.4 Å². The minimum atomic E-state index is -3.90. The van der Waals surface area contributed by atoms with Gasteiger partial charge in [-0.25, -0.2) is 8.42 Å². The average Bonchev–Trinajstić information content (AvgIpc) is 2.76. The van der Waals surface area contributed by atoms with Gasteiger partial charge in [-0.1, -0.05) is 17.7 Å². The molecule has 4 rings (SSSR count). The minimum absolute atomic E-state index is 0.0294. The summed E-state index contributed by atoms with van der Waals surface area (Å²) < 4.78 is 33.6. The van der Waals surface area contributed by atoms with Crippen molar-refractivity contribution in [1.29, 1.82) is 0 Å². The Balaban J connectivity index is 1.55. The van der Waals surface area contributed by atoms with Crippen molar-refractivity contribution >= 4 is 50.5 Å². The van der Waals surface area contributed by atoms with E-state index in [4.69, 9.17) is 16.3 Å². The molecule has 1 aliphatic rings. The molecule has 0 spiro atoms. The molecule has 3 aromatic carbocycles. The Bertz CT molecular complexity index is 1320. The molecule has 164 valence electrons. The van der Waals surface area contributed by atoms with Gasteiger partial charge in [0, 0.05) is 22.0 Å². The number of ether oxygens (including phenoxy) is 1. The maximum atomic E-state index is 12.9. The van der Waals surface area contributed by atoms with Crippen LogP contribution < -0.4 is 20.1 Å². The van der Waals surface area contributed by atoms with Gasteiger partial charge in [-0.3, -0.25) is 14.3 Å². The summed E-state index contributed by atoms with van der Waals surface area (Å²) in [6.45, 7) is 1.54. The maximum Gasteiger partial charge on any atom is 0.262 e. The third-order valence-electron chi connectivity index (χ3n) is 4.71. The Morgan fingerprint density at radius 3 is 2.50 bits per heavy atom. The summed E-state index contributed by atoms with van der Waals surface area (Å²) in [4.78, 5) is 24.1. The molecular weight excluding hydrogens is 454 g/mol. The van der Waals surface area contributed by atoms with E-state index < -0.39 is 15.9 Å². The molecule has 0 saturated heterocycles. The summed E-state index contributed by atoms with van der Waals surface area (Å²) in [6.07, 6.45) is 0. The molecule has 1 heterocycles. The van der Waals surface area contributed by atoms with Crippen molar-refractivity contribution in [2.24, 2.45) is 0 Å². The Labute approximate surface area is 189 Å². The van der Waals surface area contributed by atoms with Crippen LogP contribution in [0.3, 0.4) is 0 Å². The van der Waals surface area contributed by atoms with E-state index in [9.17, 15) is 18.0 Å². The van der Waals surface area contributed by atoms with Crippen molar-refractivity contribution in [3.63, 3.8) is 0 Å². The number of hydrogen-bond donors (Lipinski definition) is 3. The second kappa shape index (κ2) is 8.52. The van der Waals surface area contributed by atoms with Gasteiger partial charge in [-0.15, -0.1) is 0 Å². The molecular formula is C22H18ClN3O5S. The molecule has 0 bridgehead atoms. The van der Waals surface area contributed by atoms with Crippen LogP contribution in [0.15, 0.2) is 65.6 Å². The van der Waals surface area contributed by atoms with Crippen LogP contribution in [0.4, 0.5) is 17.1 Å². The molecule has 0 saturated carbocycles. The first-order valence-corrected chi connectivity index (χ1v) is 11.3. The molecule has 0 atom stereocenters. The topological polar surface area (TPSA) is 114 Å². The number of amides is 2. The standard InChI is InChI=1S/C22H18ClN3O5S/c1-13-2-6-17(11-20(13)32(29,30)26-16-7-4-15(23)5-8-16)24-22(28)14-3-9-18-19(10-14)31-12-21(27)25-18/h2-11,26H,12H2,1H3,(H,24,28)(H,25,27). The average molecular weight is 472 g/mol. The van der Waals surface area contributed by atoms with Crippen molar-refractivity contribution in [2.45, 2.75) is 11.8 Å². The number of rotatable bonds is 5. The van der Waals surface area contributed by atoms with Gasteiger partial charge in [0.15, 0.2) is 6.61 Å². The highest BCUT2D eigenvalue weighted by Gasteiger charge is 2.20. The Hall–Kier alpha value is -3.56. The van der Waals surface area contributed by atoms with Gasteiger partial charge in [0.05, 0.1) is 10.6 Å². The SMILES string of the molecule is Cc1ccc(NC(=O)c2ccc3c(c2)OCC(=O)N3)cc1S(=O)(=O)Nc1ccc(Cl)cc1. The normalized spacial score (nSPS) is 12.9. The number of carbonyl (C=O) groups is 2. The van der Waals surface area contributed by atoms with Gasteiger partial charge in [0.2, 0.25) is 0 Å². The predicted molar refractivity (Wildman–Crippen MR) is 122 cm³/mol. The van der Waals surface area contributed by atoms with Crippen LogP contribution in [-0.4, -0.2) is 26.8 Å². The van der Waals surface area contributed by atoms with E-state index in [0.29, 0.717) is 39.0 Å². The molecule has 0 radical (unpaired) electrons. The van der Waals surface area contributed by atoms with Crippen molar-refractivity contribution < 1.29 is 22.7 Å². The third kappa shape index (κ3) is 4.68. The van der Waals surface area contributed by atoms with Crippen LogP contribution >= 0.6 is 11.6 Å². The number of benzene rings is 3. The summed E-state index contributed by atoms with van der Waals surface area (Å²) in [5.74, 6) is -0.335. The molecule has 32 heavy (non-hydrogen) atoms. The first-order chi connectivity index (χ1) is 15.2. The molecule has 10 heteroatoms. The molecule has 1 aliphatic heterocycles. The monoisotopic (exact) mass is 471 g/mol. The van der Waals surface area contributed by atoms with Crippen molar-refractivity contribution in [1.82, 2.24) is 0 Å². The lowest BCUT2D eigenvalue weighted by molar-refractivity contribution is -0.118. The Morgan fingerprint density at radius 2 is 1.75 bits per heavy atom. The van der Waals surface area contributed by atoms with Gasteiger partial charge in [0.1, 0.15) is 5.75 Å². The summed E-state index contributed by atoms with van der Waals surface area (Å²) in [5.41, 5.74) is 1.97. The number of carbonyl (C=O) groups excluding carboxylic acids is 2. The number of sulfonamides is 1. The number of nitrogens with one attached hydrogen (secondary N) is 3. The highest BCUT2D eigenvalue weighted by molar-refractivity contribution is 7.92. The zero-order valence-electron chi connectivity index (χ0n) is 16.8. The van der Waals surface area contributed by atoms with Crippen molar-refractivity contribution in [3.05, 3.63) is 76.8 Å². The van der Waals surface area contributed by atoms with E-state index in [1.165, 1.54) is 18.2 Å². The largest absolute Gasteiger partial charge is 0.482 e. The van der Waals surface area contributed by atoms with Gasteiger partial charge in [-0.05, 0) is 67.1 Å². The molecule has 8 nitrogen and oxygen atoms in total. The van der Waals surface area contributed by atoms with E-state index in [1.807, 2.05) is 0 Å². The Morgan fingerprint density at radius 1 is 1.03 bits per heavy atom. The van der Waals surface area contributed by atoms with Crippen LogP contribution in [0.2, 0.25) is 5.02 Å². The summed E-state index contributed by atoms with van der Waals surface area (Å²) in [6, 6.07) is 15.5. The number of aryl methyl sites for hydroxylation is 1. The highest BCUT2D eigenvalue weighted by atomic mass is 35.5. The van der Waals surface area contributed by atoms with Crippen LogP contribution in [0.1, 0.15) is 15.9 Å². The lowest BCUT2D eigenvalue weighted by Crippen LogP contribution is -2.25. The molecule has 0 aliphatic carbocycles. The lowest BCUT2D eigenvalue weighted by Gasteiger charge is -2.18. The van der Waals surface area contributed by atoms with E-state index in [-0.39, 0.29) is 17.4 Å². The number of hydrogen-bond acceptors (Lipinski definition) is 5. The predicted octanol–water partition coefficient (Wildman–Crippen LogP) is 4.03. The van der Waals surface area contributed by atoms with Crippen molar-refractivity contribution in [2.75, 3.05) is 22.0 Å². The second-order valence-electron chi connectivity index (χ2n) is 7.09. The van der Waals surface area contributed by atoms with Gasteiger partial charge in [-0.2, -0.15) is 0 Å². The van der Waals surface area contributed by atoms with Gasteiger partial charge >= 0.3 is 0 Å². The molecule has 0 fully saturated rings. The molecule has 0 unspecified atom stereocenters. The van der Waals surface area contributed by atoms with Gasteiger partial charge in [0.25, 0.3) is 21.8 Å². The quantitative estimate of drug-likeness (QED) is 0.519. The van der Waals surface area contributed by atoms with Crippen LogP contribution in [0, 0.1) is 6.92 Å². The van der Waals surface area contributed by atoms with Crippen LogP contribution in [0.5, 0.6) is 5.75 Å². The highest BCUT2D eigenvalue weighted by Crippen LogP contribution is 2.29. The van der Waals surface area contributed by atoms with Gasteiger partial charge < -0.3 is 15.4 Å². The lowest BCUT2D eigenvalue weighted by atomic mass is 10.1. The Kier molecular flexibility index (Phi) is 5.77. The fourth-order valence-electron chi connectivity index (χ4n) is 3.11. The van der Waals surface area contributed by atoms with Crippen molar-refractivity contribution in [3.8, 4) is 5.75 Å². The summed E-state index contributed by atoms with van der Waals surface area (Å²) >= 11 is 5.85. The zero-order chi connectivity index (χ0) is 22.9. The number of fused-ring (bicyclic) bond motifs is 1. The molecule has 0 aromatic heterocycles. The summed E-state index contributed by atoms with van der Waals surface area (Å²) in [7, 11) is -3.90. The maximum absolute atomic E-state index is 12.9. The fourth-order valence-corrected chi connectivity index (χ4v) is 4.57. The second-order valence-corrected chi connectivity index (χ2v) is 9.18. The van der Waals surface area contributed by atoms with E-state index in [0.717, 1.165) is 0 Å². The molecule has 3 N–H and O–H groups in total. The third-order valence-corrected chi connectivity index (χ3v) is 6.48. The number of halogens is 1. The smallest absolute Gasteiger partial charge is 0.262 e. The minimum Gasteiger partial charge on any atom is -0.482 e. The van der Waals surface area contributed by atoms with Crippen LogP contribution in [-0.2, 0) is 14.8 Å². The summed E-state index contributed by atoms with van der Waals surface area (Å²) in [5, 5.41) is 5.84. The molecule has 3 aromatic rings. The fraction of sp³-hybridized carbons (Fsp3) is 0.0909. The first kappa shape index (κ1) is 21.7. The van der Waals surface area contributed by atoms with Crippen LogP contribution in [0.25, 0.3) is 0 Å². The number of anilines is 3.